The zero-order valence-electron chi connectivity index (χ0n) is 12.3. The summed E-state index contributed by atoms with van der Waals surface area (Å²) in [5.74, 6) is 0.893. The summed E-state index contributed by atoms with van der Waals surface area (Å²) in [6.45, 7) is 1.68. The van der Waals surface area contributed by atoms with Crippen LogP contribution < -0.4 is 10.1 Å². The van der Waals surface area contributed by atoms with Crippen LogP contribution in [0, 0.1) is 0 Å². The summed E-state index contributed by atoms with van der Waals surface area (Å²) in [5, 5.41) is 3.46. The quantitative estimate of drug-likeness (QED) is 0.842. The standard InChI is InChI=1S/C16H22N2O2/c1-18(2)16(11-17-10-13-7-8-20-12-13)14-5-4-6-15(9-14)19-3/h4-9,12,16-17H,10-11H2,1-3H3. The predicted molar refractivity (Wildman–Crippen MR) is 79.8 cm³/mol. The molecule has 2 aromatic rings. The molecular formula is C16H22N2O2. The molecule has 4 nitrogen and oxygen atoms in total. The zero-order valence-corrected chi connectivity index (χ0v) is 12.3. The molecule has 1 heterocycles. The first-order chi connectivity index (χ1) is 9.70. The molecule has 1 aromatic carbocycles. The molecule has 4 heteroatoms. The second kappa shape index (κ2) is 7.12. The van der Waals surface area contributed by atoms with Gasteiger partial charge in [-0.3, -0.25) is 0 Å². The molecule has 0 bridgehead atoms. The number of hydrogen-bond acceptors (Lipinski definition) is 4. The minimum absolute atomic E-state index is 0.303. The molecule has 0 aliphatic heterocycles. The Kier molecular flexibility index (Phi) is 5.21. The third kappa shape index (κ3) is 3.85. The summed E-state index contributed by atoms with van der Waals surface area (Å²) in [6, 6.07) is 10.5. The lowest BCUT2D eigenvalue weighted by Crippen LogP contribution is -2.30. The highest BCUT2D eigenvalue weighted by molar-refractivity contribution is 5.30. The van der Waals surface area contributed by atoms with Crippen LogP contribution >= 0.6 is 0 Å². The van der Waals surface area contributed by atoms with Gasteiger partial charge in [-0.2, -0.15) is 0 Å². The van der Waals surface area contributed by atoms with Crippen LogP contribution in [0.4, 0.5) is 0 Å². The molecule has 0 radical (unpaired) electrons. The Morgan fingerprint density at radius 3 is 2.80 bits per heavy atom. The van der Waals surface area contributed by atoms with E-state index in [0.717, 1.165) is 24.4 Å². The Labute approximate surface area is 120 Å². The molecule has 0 spiro atoms. The summed E-state index contributed by atoms with van der Waals surface area (Å²) in [4.78, 5) is 2.21. The van der Waals surface area contributed by atoms with Crippen molar-refractivity contribution in [1.29, 1.82) is 0 Å². The van der Waals surface area contributed by atoms with E-state index >= 15 is 0 Å². The fraction of sp³-hybridized carbons (Fsp3) is 0.375. The first kappa shape index (κ1) is 14.6. The van der Waals surface area contributed by atoms with Crippen molar-refractivity contribution in [3.05, 3.63) is 54.0 Å². The van der Waals surface area contributed by atoms with Gasteiger partial charge in [0.25, 0.3) is 0 Å². The van der Waals surface area contributed by atoms with Crippen LogP contribution in [0.2, 0.25) is 0 Å². The molecule has 1 N–H and O–H groups in total. The van der Waals surface area contributed by atoms with Crippen molar-refractivity contribution in [3.8, 4) is 5.75 Å². The van der Waals surface area contributed by atoms with Gasteiger partial charge in [0.15, 0.2) is 0 Å². The SMILES string of the molecule is COc1cccc(C(CNCc2ccoc2)N(C)C)c1. The number of furan rings is 1. The number of benzene rings is 1. The minimum Gasteiger partial charge on any atom is -0.497 e. The molecule has 108 valence electrons. The van der Waals surface area contributed by atoms with Gasteiger partial charge in [0.2, 0.25) is 0 Å². The summed E-state index contributed by atoms with van der Waals surface area (Å²) < 4.78 is 10.4. The molecule has 0 amide bonds. The summed E-state index contributed by atoms with van der Waals surface area (Å²) >= 11 is 0. The molecule has 0 aliphatic carbocycles. The smallest absolute Gasteiger partial charge is 0.119 e. The first-order valence-electron chi connectivity index (χ1n) is 6.73. The Balaban J connectivity index is 1.99. The molecule has 1 aromatic heterocycles. The second-order valence-corrected chi connectivity index (χ2v) is 5.02. The third-order valence-corrected chi connectivity index (χ3v) is 3.35. The van der Waals surface area contributed by atoms with E-state index in [0.29, 0.717) is 6.04 Å². The largest absolute Gasteiger partial charge is 0.497 e. The van der Waals surface area contributed by atoms with Crippen LogP contribution in [-0.4, -0.2) is 32.6 Å². The van der Waals surface area contributed by atoms with Gasteiger partial charge >= 0.3 is 0 Å². The van der Waals surface area contributed by atoms with E-state index in [-0.39, 0.29) is 0 Å². The maximum absolute atomic E-state index is 5.30. The van der Waals surface area contributed by atoms with Crippen LogP contribution in [0.3, 0.4) is 0 Å². The van der Waals surface area contributed by atoms with Crippen molar-refractivity contribution in [3.63, 3.8) is 0 Å². The lowest BCUT2D eigenvalue weighted by molar-refractivity contribution is 0.287. The van der Waals surface area contributed by atoms with Gasteiger partial charge < -0.3 is 19.4 Å². The van der Waals surface area contributed by atoms with Crippen molar-refractivity contribution in [1.82, 2.24) is 10.2 Å². The number of likely N-dealkylation sites (N-methyl/N-ethyl adjacent to an activating group) is 1. The normalized spacial score (nSPS) is 12.6. The highest BCUT2D eigenvalue weighted by Crippen LogP contribution is 2.22. The van der Waals surface area contributed by atoms with E-state index in [2.05, 4.69) is 36.4 Å². The van der Waals surface area contributed by atoms with Crippen LogP contribution in [0.5, 0.6) is 5.75 Å². The van der Waals surface area contributed by atoms with E-state index in [1.807, 2.05) is 18.2 Å². The zero-order chi connectivity index (χ0) is 14.4. The van der Waals surface area contributed by atoms with Crippen molar-refractivity contribution >= 4 is 0 Å². The van der Waals surface area contributed by atoms with E-state index < -0.39 is 0 Å². The molecule has 1 unspecified atom stereocenters. The van der Waals surface area contributed by atoms with Crippen molar-refractivity contribution < 1.29 is 9.15 Å². The molecular weight excluding hydrogens is 252 g/mol. The highest BCUT2D eigenvalue weighted by atomic mass is 16.5. The van der Waals surface area contributed by atoms with Crippen LogP contribution in [0.1, 0.15) is 17.2 Å². The van der Waals surface area contributed by atoms with Crippen molar-refractivity contribution in [2.24, 2.45) is 0 Å². The molecule has 0 aliphatic rings. The van der Waals surface area contributed by atoms with Gasteiger partial charge in [-0.25, -0.2) is 0 Å². The topological polar surface area (TPSA) is 37.6 Å². The number of nitrogens with zero attached hydrogens (tertiary/aromatic N) is 1. The Morgan fingerprint density at radius 1 is 1.30 bits per heavy atom. The summed E-state index contributed by atoms with van der Waals surface area (Å²) in [7, 11) is 5.87. The average molecular weight is 274 g/mol. The van der Waals surface area contributed by atoms with E-state index in [1.165, 1.54) is 5.56 Å². The minimum atomic E-state index is 0.303. The molecule has 0 fully saturated rings. The fourth-order valence-electron chi connectivity index (χ4n) is 2.19. The maximum Gasteiger partial charge on any atom is 0.119 e. The average Bonchev–Trinajstić information content (AvgIpc) is 2.96. The number of ether oxygens (including phenoxy) is 1. The molecule has 1 atom stereocenters. The number of hydrogen-bond donors (Lipinski definition) is 1. The number of methoxy groups -OCH3 is 1. The van der Waals surface area contributed by atoms with Crippen LogP contribution in [0.25, 0.3) is 0 Å². The van der Waals surface area contributed by atoms with E-state index in [4.69, 9.17) is 9.15 Å². The number of rotatable bonds is 7. The van der Waals surface area contributed by atoms with Gasteiger partial charge in [-0.1, -0.05) is 12.1 Å². The van der Waals surface area contributed by atoms with E-state index in [9.17, 15) is 0 Å². The second-order valence-electron chi connectivity index (χ2n) is 5.02. The molecule has 0 saturated heterocycles. The van der Waals surface area contributed by atoms with E-state index in [1.54, 1.807) is 19.6 Å². The summed E-state index contributed by atoms with van der Waals surface area (Å²) in [5.41, 5.74) is 2.40. The van der Waals surface area contributed by atoms with Gasteiger partial charge in [-0.15, -0.1) is 0 Å². The van der Waals surface area contributed by atoms with Gasteiger partial charge in [0.1, 0.15) is 5.75 Å². The Morgan fingerprint density at radius 2 is 2.15 bits per heavy atom. The maximum atomic E-state index is 5.30. The van der Waals surface area contributed by atoms with Crippen molar-refractivity contribution in [2.75, 3.05) is 27.7 Å². The monoisotopic (exact) mass is 274 g/mol. The van der Waals surface area contributed by atoms with Gasteiger partial charge in [0, 0.05) is 24.7 Å². The Bertz CT molecular complexity index is 509. The summed E-state index contributed by atoms with van der Waals surface area (Å²) in [6.07, 6.45) is 3.46. The number of nitrogens with one attached hydrogen (secondary N) is 1. The molecule has 2 rings (SSSR count). The molecule has 20 heavy (non-hydrogen) atoms. The highest BCUT2D eigenvalue weighted by Gasteiger charge is 2.14. The Hall–Kier alpha value is -1.78. The third-order valence-electron chi connectivity index (χ3n) is 3.35. The van der Waals surface area contributed by atoms with Gasteiger partial charge in [-0.05, 0) is 37.9 Å². The van der Waals surface area contributed by atoms with Crippen LogP contribution in [0.15, 0.2) is 47.3 Å². The molecule has 0 saturated carbocycles. The predicted octanol–water partition coefficient (Wildman–Crippen LogP) is 2.68. The lowest BCUT2D eigenvalue weighted by atomic mass is 10.1. The lowest BCUT2D eigenvalue weighted by Gasteiger charge is -2.25. The van der Waals surface area contributed by atoms with Crippen LogP contribution in [-0.2, 0) is 6.54 Å². The van der Waals surface area contributed by atoms with Crippen molar-refractivity contribution in [2.45, 2.75) is 12.6 Å². The van der Waals surface area contributed by atoms with Gasteiger partial charge in [0.05, 0.1) is 19.6 Å². The first-order valence-corrected chi connectivity index (χ1v) is 6.73. The fourth-order valence-corrected chi connectivity index (χ4v) is 2.19.